The Bertz CT molecular complexity index is 290. The maximum absolute atomic E-state index is 11.7. The van der Waals surface area contributed by atoms with Crippen molar-refractivity contribution in [1.29, 1.82) is 0 Å². The molecule has 0 radical (unpaired) electrons. The highest BCUT2D eigenvalue weighted by Gasteiger charge is 2.25. The Kier molecular flexibility index (Phi) is 7.32. The molecule has 2 atom stereocenters. The Balaban J connectivity index is 4.30. The van der Waals surface area contributed by atoms with Crippen molar-refractivity contribution in [1.82, 2.24) is 5.32 Å². The van der Waals surface area contributed by atoms with Crippen molar-refractivity contribution in [2.45, 2.75) is 45.7 Å². The van der Waals surface area contributed by atoms with Crippen LogP contribution < -0.4 is 11.1 Å². The van der Waals surface area contributed by atoms with Crippen molar-refractivity contribution in [2.75, 3.05) is 12.0 Å². The summed E-state index contributed by atoms with van der Waals surface area (Å²) in [6, 6.07) is -1.11. The first-order valence-corrected chi connectivity index (χ1v) is 7.34. The SMILES string of the molecule is CSCCC(NC(=O)CC(N)C(C)(C)C)C(=O)O. The predicted octanol–water partition coefficient (Wildman–Crippen LogP) is 1.07. The largest absolute Gasteiger partial charge is 0.480 e. The summed E-state index contributed by atoms with van der Waals surface area (Å²) in [6.45, 7) is 5.86. The summed E-state index contributed by atoms with van der Waals surface area (Å²) in [5, 5.41) is 11.5. The second-order valence-electron chi connectivity index (χ2n) is 5.42. The van der Waals surface area contributed by atoms with Crippen LogP contribution >= 0.6 is 11.8 Å². The number of rotatable bonds is 7. The molecule has 0 aromatic rings. The van der Waals surface area contributed by atoms with Gasteiger partial charge >= 0.3 is 5.97 Å². The van der Waals surface area contributed by atoms with Gasteiger partial charge in [0.05, 0.1) is 0 Å². The van der Waals surface area contributed by atoms with E-state index in [2.05, 4.69) is 5.32 Å². The van der Waals surface area contributed by atoms with Crippen LogP contribution in [-0.2, 0) is 9.59 Å². The quantitative estimate of drug-likeness (QED) is 0.647. The number of carboxylic acid groups (broad SMARTS) is 1. The highest BCUT2D eigenvalue weighted by atomic mass is 32.2. The lowest BCUT2D eigenvalue weighted by atomic mass is 9.85. The summed E-state index contributed by atoms with van der Waals surface area (Å²) in [6.07, 6.45) is 2.47. The van der Waals surface area contributed by atoms with Gasteiger partial charge in [-0.2, -0.15) is 11.8 Å². The lowest BCUT2D eigenvalue weighted by Crippen LogP contribution is -2.45. The van der Waals surface area contributed by atoms with Gasteiger partial charge in [-0.05, 0) is 23.8 Å². The second kappa shape index (κ2) is 7.63. The van der Waals surface area contributed by atoms with E-state index in [1.165, 1.54) is 0 Å². The molecule has 0 rings (SSSR count). The zero-order chi connectivity index (χ0) is 14.3. The Hall–Kier alpha value is -0.750. The minimum atomic E-state index is -0.998. The molecule has 0 aliphatic carbocycles. The summed E-state index contributed by atoms with van der Waals surface area (Å²) in [5.74, 6) is -0.601. The van der Waals surface area contributed by atoms with Crippen LogP contribution in [0.5, 0.6) is 0 Å². The standard InChI is InChI=1S/C12H24N2O3S/c1-12(2,3)9(13)7-10(15)14-8(11(16)17)5-6-18-4/h8-9H,5-7,13H2,1-4H3,(H,14,15)(H,16,17). The van der Waals surface area contributed by atoms with E-state index >= 15 is 0 Å². The van der Waals surface area contributed by atoms with Gasteiger partial charge in [0.1, 0.15) is 6.04 Å². The molecule has 0 fully saturated rings. The Morgan fingerprint density at radius 2 is 1.94 bits per heavy atom. The normalized spacial score (nSPS) is 14.9. The van der Waals surface area contributed by atoms with E-state index < -0.39 is 12.0 Å². The van der Waals surface area contributed by atoms with Crippen molar-refractivity contribution in [3.8, 4) is 0 Å². The third-order valence-electron chi connectivity index (χ3n) is 2.76. The van der Waals surface area contributed by atoms with E-state index in [0.717, 1.165) is 0 Å². The fourth-order valence-corrected chi connectivity index (χ4v) is 1.72. The summed E-state index contributed by atoms with van der Waals surface area (Å²) in [4.78, 5) is 22.7. The second-order valence-corrected chi connectivity index (χ2v) is 6.40. The van der Waals surface area contributed by atoms with E-state index in [1.807, 2.05) is 27.0 Å². The highest BCUT2D eigenvalue weighted by molar-refractivity contribution is 7.98. The molecule has 1 amide bonds. The number of hydrogen-bond donors (Lipinski definition) is 3. The van der Waals surface area contributed by atoms with Crippen LogP contribution in [0.4, 0.5) is 0 Å². The van der Waals surface area contributed by atoms with E-state index in [0.29, 0.717) is 12.2 Å². The Morgan fingerprint density at radius 3 is 2.33 bits per heavy atom. The molecule has 5 nitrogen and oxygen atoms in total. The topological polar surface area (TPSA) is 92.4 Å². The van der Waals surface area contributed by atoms with Gasteiger partial charge in [0, 0.05) is 12.5 Å². The monoisotopic (exact) mass is 276 g/mol. The Labute approximate surface area is 113 Å². The van der Waals surface area contributed by atoms with Crippen LogP contribution in [0.1, 0.15) is 33.6 Å². The fraction of sp³-hybridized carbons (Fsp3) is 0.833. The zero-order valence-electron chi connectivity index (χ0n) is 11.5. The van der Waals surface area contributed by atoms with Crippen LogP contribution in [0.25, 0.3) is 0 Å². The highest BCUT2D eigenvalue weighted by Crippen LogP contribution is 2.19. The smallest absolute Gasteiger partial charge is 0.326 e. The predicted molar refractivity (Wildman–Crippen MR) is 74.6 cm³/mol. The zero-order valence-corrected chi connectivity index (χ0v) is 12.3. The van der Waals surface area contributed by atoms with Crippen molar-refractivity contribution in [2.24, 2.45) is 11.1 Å². The Morgan fingerprint density at radius 1 is 1.39 bits per heavy atom. The van der Waals surface area contributed by atoms with E-state index in [9.17, 15) is 9.59 Å². The molecule has 0 aliphatic heterocycles. The van der Waals surface area contributed by atoms with Gasteiger partial charge < -0.3 is 16.2 Å². The fourth-order valence-electron chi connectivity index (χ4n) is 1.25. The van der Waals surface area contributed by atoms with Gasteiger partial charge in [0.2, 0.25) is 5.91 Å². The van der Waals surface area contributed by atoms with Gasteiger partial charge in [0.25, 0.3) is 0 Å². The molecule has 0 saturated heterocycles. The van der Waals surface area contributed by atoms with Crippen LogP contribution in [0.15, 0.2) is 0 Å². The molecule has 18 heavy (non-hydrogen) atoms. The summed E-state index contributed by atoms with van der Waals surface area (Å²) in [5.41, 5.74) is 5.72. The van der Waals surface area contributed by atoms with Gasteiger partial charge in [-0.25, -0.2) is 4.79 Å². The number of hydrogen-bond acceptors (Lipinski definition) is 4. The summed E-state index contributed by atoms with van der Waals surface area (Å²) in [7, 11) is 0. The minimum Gasteiger partial charge on any atom is -0.480 e. The third-order valence-corrected chi connectivity index (χ3v) is 3.41. The number of thioether (sulfide) groups is 1. The van der Waals surface area contributed by atoms with Crippen molar-refractivity contribution >= 4 is 23.6 Å². The molecule has 0 aromatic heterocycles. The molecule has 0 aromatic carbocycles. The lowest BCUT2D eigenvalue weighted by molar-refractivity contribution is -0.142. The van der Waals surface area contributed by atoms with Crippen molar-refractivity contribution in [3.05, 3.63) is 0 Å². The first-order chi connectivity index (χ1) is 8.18. The van der Waals surface area contributed by atoms with Crippen LogP contribution in [0.2, 0.25) is 0 Å². The molecule has 0 heterocycles. The number of aliphatic carboxylic acids is 1. The number of carbonyl (C=O) groups is 2. The molecule has 0 bridgehead atoms. The molecule has 106 valence electrons. The number of carbonyl (C=O) groups excluding carboxylic acids is 1. The number of amides is 1. The van der Waals surface area contributed by atoms with E-state index in [1.54, 1.807) is 11.8 Å². The maximum atomic E-state index is 11.7. The molecular formula is C12H24N2O3S. The average molecular weight is 276 g/mol. The third kappa shape index (κ3) is 6.86. The molecule has 4 N–H and O–H groups in total. The molecule has 0 spiro atoms. The first kappa shape index (κ1) is 17.2. The molecule has 2 unspecified atom stereocenters. The number of carboxylic acids is 1. The molecule has 6 heteroatoms. The van der Waals surface area contributed by atoms with Crippen LogP contribution in [-0.4, -0.2) is 41.1 Å². The van der Waals surface area contributed by atoms with Gasteiger partial charge in [-0.3, -0.25) is 4.79 Å². The van der Waals surface area contributed by atoms with E-state index in [-0.39, 0.29) is 23.8 Å². The molecular weight excluding hydrogens is 252 g/mol. The number of nitrogens with one attached hydrogen (secondary N) is 1. The molecule has 0 aliphatic rings. The maximum Gasteiger partial charge on any atom is 0.326 e. The number of nitrogens with two attached hydrogens (primary N) is 1. The summed E-state index contributed by atoms with van der Waals surface area (Å²) >= 11 is 1.55. The molecule has 0 saturated carbocycles. The average Bonchev–Trinajstić information content (AvgIpc) is 2.22. The first-order valence-electron chi connectivity index (χ1n) is 5.95. The lowest BCUT2D eigenvalue weighted by Gasteiger charge is -2.27. The van der Waals surface area contributed by atoms with Gasteiger partial charge in [-0.1, -0.05) is 20.8 Å². The van der Waals surface area contributed by atoms with Crippen molar-refractivity contribution in [3.63, 3.8) is 0 Å². The van der Waals surface area contributed by atoms with Crippen LogP contribution in [0.3, 0.4) is 0 Å². The van der Waals surface area contributed by atoms with Gasteiger partial charge in [0.15, 0.2) is 0 Å². The van der Waals surface area contributed by atoms with Crippen LogP contribution in [0, 0.1) is 5.41 Å². The van der Waals surface area contributed by atoms with Gasteiger partial charge in [-0.15, -0.1) is 0 Å². The van der Waals surface area contributed by atoms with E-state index in [4.69, 9.17) is 10.8 Å². The summed E-state index contributed by atoms with van der Waals surface area (Å²) < 4.78 is 0. The minimum absolute atomic E-state index is 0.145. The van der Waals surface area contributed by atoms with Crippen molar-refractivity contribution < 1.29 is 14.7 Å².